The maximum absolute atomic E-state index is 12.3. The molecule has 1 atom stereocenters. The van der Waals surface area contributed by atoms with Gasteiger partial charge >= 0.3 is 6.18 Å². The third-order valence-electron chi connectivity index (χ3n) is 3.41. The largest absolute Gasteiger partial charge is 0.401 e. The second kappa shape index (κ2) is 6.77. The number of nitrogens with zero attached hydrogens (tertiary/aromatic N) is 1. The Labute approximate surface area is 129 Å². The average molecular weight is 371 g/mol. The van der Waals surface area contributed by atoms with E-state index in [0.717, 1.165) is 24.0 Å². The monoisotopic (exact) mass is 370 g/mol. The Bertz CT molecular complexity index is 428. The van der Waals surface area contributed by atoms with Crippen molar-refractivity contribution in [3.05, 3.63) is 20.3 Å². The van der Waals surface area contributed by atoms with Crippen LogP contribution in [0.2, 0.25) is 0 Å². The summed E-state index contributed by atoms with van der Waals surface area (Å²) in [5.74, 6) is 0.321. The molecule has 1 aromatic rings. The number of halogens is 4. The average Bonchev–Trinajstić information content (AvgIpc) is 2.85. The topological polar surface area (TPSA) is 15.3 Å². The van der Waals surface area contributed by atoms with Gasteiger partial charge in [0.05, 0.1) is 6.54 Å². The quantitative estimate of drug-likeness (QED) is 0.847. The van der Waals surface area contributed by atoms with Crippen molar-refractivity contribution < 1.29 is 13.2 Å². The van der Waals surface area contributed by atoms with Gasteiger partial charge in [-0.1, -0.05) is 0 Å². The van der Waals surface area contributed by atoms with Gasteiger partial charge < -0.3 is 5.32 Å². The maximum Gasteiger partial charge on any atom is 0.401 e. The van der Waals surface area contributed by atoms with Gasteiger partial charge in [0, 0.05) is 27.3 Å². The Kier molecular flexibility index (Phi) is 5.50. The number of nitrogens with one attached hydrogen (secondary N) is 1. The zero-order chi connectivity index (χ0) is 14.8. The van der Waals surface area contributed by atoms with E-state index in [9.17, 15) is 13.2 Å². The molecule has 0 bridgehead atoms. The minimum Gasteiger partial charge on any atom is -0.312 e. The number of aryl methyl sites for hydroxylation is 1. The number of hydrogen-bond donors (Lipinski definition) is 1. The van der Waals surface area contributed by atoms with Gasteiger partial charge in [-0.2, -0.15) is 13.2 Å². The van der Waals surface area contributed by atoms with Crippen LogP contribution >= 0.6 is 27.3 Å². The molecule has 0 saturated carbocycles. The van der Waals surface area contributed by atoms with E-state index in [4.69, 9.17) is 0 Å². The first-order chi connectivity index (χ1) is 9.33. The maximum atomic E-state index is 12.3. The molecule has 0 aromatic carbocycles. The Morgan fingerprint density at radius 1 is 1.50 bits per heavy atom. The highest BCUT2D eigenvalue weighted by molar-refractivity contribution is 9.10. The molecule has 1 unspecified atom stereocenters. The van der Waals surface area contributed by atoms with Crippen molar-refractivity contribution in [3.8, 4) is 0 Å². The molecule has 20 heavy (non-hydrogen) atoms. The summed E-state index contributed by atoms with van der Waals surface area (Å²) in [6, 6.07) is 2.09. The van der Waals surface area contributed by atoms with E-state index < -0.39 is 12.7 Å². The molecule has 0 spiro atoms. The van der Waals surface area contributed by atoms with Crippen LogP contribution in [0.3, 0.4) is 0 Å². The minimum absolute atomic E-state index is 0.321. The summed E-state index contributed by atoms with van der Waals surface area (Å²) in [5, 5.41) is 3.35. The lowest BCUT2D eigenvalue weighted by Gasteiger charge is -2.17. The van der Waals surface area contributed by atoms with Gasteiger partial charge in [-0.25, -0.2) is 0 Å². The van der Waals surface area contributed by atoms with Crippen LogP contribution in [0.1, 0.15) is 16.2 Å². The van der Waals surface area contributed by atoms with Crippen LogP contribution in [0.15, 0.2) is 10.5 Å². The summed E-state index contributed by atoms with van der Waals surface area (Å²) < 4.78 is 38.0. The Balaban J connectivity index is 1.68. The Morgan fingerprint density at radius 2 is 2.25 bits per heavy atom. The Hall–Kier alpha value is -0.110. The molecule has 114 valence electrons. The molecule has 2 heterocycles. The fraction of sp³-hybridized carbons (Fsp3) is 0.692. The van der Waals surface area contributed by atoms with Crippen LogP contribution in [0.5, 0.6) is 0 Å². The van der Waals surface area contributed by atoms with Crippen molar-refractivity contribution in [2.24, 2.45) is 5.92 Å². The molecular formula is C13H18BrF3N2S. The summed E-state index contributed by atoms with van der Waals surface area (Å²) in [7, 11) is 0. The van der Waals surface area contributed by atoms with Gasteiger partial charge in [-0.05, 0) is 54.3 Å². The van der Waals surface area contributed by atoms with Crippen LogP contribution in [0, 0.1) is 12.8 Å². The summed E-state index contributed by atoms with van der Waals surface area (Å²) in [6.07, 6.45) is -3.24. The molecule has 1 fully saturated rings. The number of likely N-dealkylation sites (tertiary alicyclic amines) is 1. The summed E-state index contributed by atoms with van der Waals surface area (Å²) in [4.78, 5) is 4.00. The van der Waals surface area contributed by atoms with Crippen LogP contribution in [0.25, 0.3) is 0 Å². The van der Waals surface area contributed by atoms with E-state index >= 15 is 0 Å². The first-order valence-corrected chi connectivity index (χ1v) is 8.19. The highest BCUT2D eigenvalue weighted by atomic mass is 79.9. The van der Waals surface area contributed by atoms with Crippen molar-refractivity contribution >= 4 is 27.3 Å². The molecule has 1 aromatic heterocycles. The van der Waals surface area contributed by atoms with Crippen LogP contribution in [0.4, 0.5) is 13.2 Å². The lowest BCUT2D eigenvalue weighted by Crippen LogP contribution is -2.33. The molecule has 1 aliphatic rings. The highest BCUT2D eigenvalue weighted by Crippen LogP contribution is 2.26. The van der Waals surface area contributed by atoms with Crippen molar-refractivity contribution in [1.82, 2.24) is 10.2 Å². The number of thiophene rings is 1. The predicted molar refractivity (Wildman–Crippen MR) is 79.1 cm³/mol. The first kappa shape index (κ1) is 16.3. The van der Waals surface area contributed by atoms with Gasteiger partial charge in [-0.15, -0.1) is 11.3 Å². The molecule has 0 aliphatic carbocycles. The zero-order valence-electron chi connectivity index (χ0n) is 11.3. The molecule has 1 saturated heterocycles. The van der Waals surface area contributed by atoms with Crippen LogP contribution < -0.4 is 5.32 Å². The fourth-order valence-electron chi connectivity index (χ4n) is 2.48. The molecule has 0 radical (unpaired) electrons. The van der Waals surface area contributed by atoms with E-state index in [0.29, 0.717) is 19.0 Å². The second-order valence-corrected chi connectivity index (χ2v) is 7.45. The molecule has 2 nitrogen and oxygen atoms in total. The van der Waals surface area contributed by atoms with E-state index in [1.165, 1.54) is 14.7 Å². The lowest BCUT2D eigenvalue weighted by molar-refractivity contribution is -0.143. The standard InChI is InChI=1S/C13H18BrF3N2S/c1-9-12(14)4-11(20-9)6-18-5-10-2-3-19(7-10)8-13(15,16)17/h4,10,18H,2-3,5-8H2,1H3. The van der Waals surface area contributed by atoms with Crippen LogP contribution in [-0.4, -0.2) is 37.3 Å². The smallest absolute Gasteiger partial charge is 0.312 e. The molecule has 1 N–H and O–H groups in total. The molecule has 1 aliphatic heterocycles. The van der Waals surface area contributed by atoms with Gasteiger partial charge in [0.2, 0.25) is 0 Å². The molecular weight excluding hydrogens is 353 g/mol. The van der Waals surface area contributed by atoms with Crippen molar-refractivity contribution in [2.45, 2.75) is 26.1 Å². The van der Waals surface area contributed by atoms with E-state index in [1.54, 1.807) is 11.3 Å². The van der Waals surface area contributed by atoms with Gasteiger partial charge in [0.1, 0.15) is 0 Å². The van der Waals surface area contributed by atoms with Crippen molar-refractivity contribution in [3.63, 3.8) is 0 Å². The van der Waals surface area contributed by atoms with Crippen LogP contribution in [-0.2, 0) is 6.54 Å². The van der Waals surface area contributed by atoms with Gasteiger partial charge in [0.25, 0.3) is 0 Å². The zero-order valence-corrected chi connectivity index (χ0v) is 13.7. The SMILES string of the molecule is Cc1sc(CNCC2CCN(CC(F)(F)F)C2)cc1Br. The van der Waals surface area contributed by atoms with Gasteiger partial charge in [-0.3, -0.25) is 4.90 Å². The molecule has 2 rings (SSSR count). The highest BCUT2D eigenvalue weighted by Gasteiger charge is 2.34. The first-order valence-electron chi connectivity index (χ1n) is 6.58. The molecule has 7 heteroatoms. The second-order valence-electron chi connectivity index (χ2n) is 5.25. The summed E-state index contributed by atoms with van der Waals surface area (Å²) in [6.45, 7) is 3.94. The Morgan fingerprint density at radius 3 is 2.85 bits per heavy atom. The lowest BCUT2D eigenvalue weighted by atomic mass is 10.1. The van der Waals surface area contributed by atoms with E-state index in [-0.39, 0.29) is 0 Å². The van der Waals surface area contributed by atoms with E-state index in [2.05, 4.69) is 34.2 Å². The van der Waals surface area contributed by atoms with Crippen molar-refractivity contribution in [1.29, 1.82) is 0 Å². The normalized spacial score (nSPS) is 20.8. The molecule has 0 amide bonds. The minimum atomic E-state index is -4.08. The van der Waals surface area contributed by atoms with E-state index in [1.807, 2.05) is 0 Å². The van der Waals surface area contributed by atoms with Gasteiger partial charge in [0.15, 0.2) is 0 Å². The van der Waals surface area contributed by atoms with Crippen molar-refractivity contribution in [2.75, 3.05) is 26.2 Å². The predicted octanol–water partition coefficient (Wildman–Crippen LogP) is 3.79. The third-order valence-corrected chi connectivity index (χ3v) is 5.55. The number of alkyl halides is 3. The fourth-order valence-corrected chi connectivity index (χ4v) is 4.05. The third kappa shape index (κ3) is 5.02. The summed E-state index contributed by atoms with van der Waals surface area (Å²) >= 11 is 5.22. The number of rotatable bonds is 5. The number of hydrogen-bond acceptors (Lipinski definition) is 3. The summed E-state index contributed by atoms with van der Waals surface area (Å²) in [5.41, 5.74) is 0.